The Hall–Kier alpha value is -3.03. The fourth-order valence-electron chi connectivity index (χ4n) is 4.64. The summed E-state index contributed by atoms with van der Waals surface area (Å²) in [6.45, 7) is 5.54. The molecule has 0 aliphatic carbocycles. The molecule has 0 saturated carbocycles. The minimum atomic E-state index is -4.55. The number of benzene rings is 3. The van der Waals surface area contributed by atoms with Gasteiger partial charge in [0.05, 0.1) is 17.7 Å². The predicted octanol–water partition coefficient (Wildman–Crippen LogP) is 7.46. The number of hydrogen-bond donors (Lipinski definition) is 0. The highest BCUT2D eigenvalue weighted by molar-refractivity contribution is 6.30. The zero-order valence-corrected chi connectivity index (χ0v) is 21.2. The third kappa shape index (κ3) is 4.24. The molecule has 1 amide bonds. The molecule has 9 heteroatoms. The molecule has 0 radical (unpaired) electrons. The molecule has 0 saturated heterocycles. The Kier molecular flexibility index (Phi) is 6.84. The van der Waals surface area contributed by atoms with Crippen molar-refractivity contribution in [1.29, 1.82) is 0 Å². The van der Waals surface area contributed by atoms with Gasteiger partial charge in [-0.05, 0) is 74.4 Å². The fourth-order valence-corrected chi connectivity index (χ4v) is 4.89. The maximum absolute atomic E-state index is 13.4. The molecule has 2 unspecified atom stereocenters. The van der Waals surface area contributed by atoms with Crippen LogP contribution in [0, 0.1) is 0 Å². The highest BCUT2D eigenvalue weighted by atomic mass is 35.5. The molecule has 1 aliphatic heterocycles. The molecule has 4 rings (SSSR count). The van der Waals surface area contributed by atoms with Crippen LogP contribution in [0.1, 0.15) is 43.0 Å². The SMILES string of the molecule is CCOc1cc(C(F)(F)F)ccc1C1=NC(C)(c2ccc(Cl)cc2)C(C)(c2ccc(Cl)cc2)N1C=O. The van der Waals surface area contributed by atoms with Crippen LogP contribution in [0.4, 0.5) is 13.2 Å². The van der Waals surface area contributed by atoms with Gasteiger partial charge < -0.3 is 4.74 Å². The lowest BCUT2D eigenvalue weighted by Gasteiger charge is -2.44. The lowest BCUT2D eigenvalue weighted by molar-refractivity contribution is -0.137. The second-order valence-electron chi connectivity index (χ2n) is 8.71. The largest absolute Gasteiger partial charge is 0.493 e. The summed E-state index contributed by atoms with van der Waals surface area (Å²) in [7, 11) is 0. The predicted molar refractivity (Wildman–Crippen MR) is 135 cm³/mol. The van der Waals surface area contributed by atoms with E-state index in [9.17, 15) is 18.0 Å². The molecule has 0 bridgehead atoms. The third-order valence-corrected chi connectivity index (χ3v) is 7.26. The van der Waals surface area contributed by atoms with Crippen molar-refractivity contribution >= 4 is 35.4 Å². The molecule has 36 heavy (non-hydrogen) atoms. The smallest absolute Gasteiger partial charge is 0.416 e. The van der Waals surface area contributed by atoms with E-state index in [-0.39, 0.29) is 23.8 Å². The van der Waals surface area contributed by atoms with Crippen LogP contribution < -0.4 is 4.74 Å². The average molecular weight is 535 g/mol. The fraction of sp³-hybridized carbons (Fsp3) is 0.259. The standard InChI is InChI=1S/C27H23Cl2F3N2O2/c1-4-36-23-15-19(27(30,31)32)9-14-22(23)24-33-25(2,17-5-10-20(28)11-6-17)26(3,34(24)16-35)18-7-12-21(29)13-8-18/h5-16H,4H2,1-3H3. The second kappa shape index (κ2) is 9.45. The maximum atomic E-state index is 13.4. The van der Waals surface area contributed by atoms with Crippen molar-refractivity contribution in [3.05, 3.63) is 99.0 Å². The quantitative estimate of drug-likeness (QED) is 0.308. The van der Waals surface area contributed by atoms with Crippen LogP contribution >= 0.6 is 23.2 Å². The van der Waals surface area contributed by atoms with Gasteiger partial charge in [-0.25, -0.2) is 0 Å². The van der Waals surface area contributed by atoms with Crippen molar-refractivity contribution < 1.29 is 22.7 Å². The molecular weight excluding hydrogens is 512 g/mol. The zero-order valence-electron chi connectivity index (χ0n) is 19.7. The number of aliphatic imine (C=N–C) groups is 1. The van der Waals surface area contributed by atoms with Crippen molar-refractivity contribution in [1.82, 2.24) is 4.90 Å². The van der Waals surface area contributed by atoms with Crippen molar-refractivity contribution in [2.45, 2.75) is 38.0 Å². The topological polar surface area (TPSA) is 41.9 Å². The van der Waals surface area contributed by atoms with Gasteiger partial charge in [0, 0.05) is 10.0 Å². The molecule has 1 heterocycles. The highest BCUT2D eigenvalue weighted by Gasteiger charge is 2.57. The number of halogens is 5. The van der Waals surface area contributed by atoms with Gasteiger partial charge >= 0.3 is 6.18 Å². The monoisotopic (exact) mass is 534 g/mol. The van der Waals surface area contributed by atoms with E-state index in [1.807, 2.05) is 38.1 Å². The molecule has 188 valence electrons. The lowest BCUT2D eigenvalue weighted by atomic mass is 9.71. The first kappa shape index (κ1) is 26.0. The van der Waals surface area contributed by atoms with Crippen LogP contribution in [0.2, 0.25) is 10.0 Å². The van der Waals surface area contributed by atoms with E-state index in [1.54, 1.807) is 31.2 Å². The molecule has 0 fully saturated rings. The number of alkyl halides is 3. The van der Waals surface area contributed by atoms with Crippen LogP contribution in [0.3, 0.4) is 0 Å². The minimum Gasteiger partial charge on any atom is -0.493 e. The number of carbonyl (C=O) groups is 1. The number of rotatable bonds is 6. The number of nitrogens with zero attached hydrogens (tertiary/aromatic N) is 2. The van der Waals surface area contributed by atoms with Gasteiger partial charge in [-0.3, -0.25) is 14.7 Å². The summed E-state index contributed by atoms with van der Waals surface area (Å²) in [6.07, 6.45) is -3.91. The summed E-state index contributed by atoms with van der Waals surface area (Å²) < 4.78 is 45.9. The van der Waals surface area contributed by atoms with Crippen LogP contribution in [-0.4, -0.2) is 23.8 Å². The number of carbonyl (C=O) groups excluding carboxylic acids is 1. The van der Waals surface area contributed by atoms with E-state index >= 15 is 0 Å². The maximum Gasteiger partial charge on any atom is 0.416 e. The number of amidine groups is 1. The van der Waals surface area contributed by atoms with Gasteiger partial charge in [0.2, 0.25) is 6.41 Å². The van der Waals surface area contributed by atoms with E-state index in [1.165, 1.54) is 11.0 Å². The Bertz CT molecular complexity index is 1310. The van der Waals surface area contributed by atoms with E-state index in [0.717, 1.165) is 23.3 Å². The number of ether oxygens (including phenoxy) is 1. The van der Waals surface area contributed by atoms with Crippen molar-refractivity contribution in [3.63, 3.8) is 0 Å². The first-order valence-electron chi connectivity index (χ1n) is 11.2. The van der Waals surface area contributed by atoms with Gasteiger partial charge in [0.25, 0.3) is 0 Å². The zero-order chi connectivity index (χ0) is 26.3. The molecular formula is C27H23Cl2F3N2O2. The molecule has 4 nitrogen and oxygen atoms in total. The van der Waals surface area contributed by atoms with Crippen molar-refractivity contribution in [2.24, 2.45) is 4.99 Å². The Labute approximate surface area is 217 Å². The van der Waals surface area contributed by atoms with Crippen molar-refractivity contribution in [3.8, 4) is 5.75 Å². The van der Waals surface area contributed by atoms with E-state index < -0.39 is 22.8 Å². The van der Waals surface area contributed by atoms with Gasteiger partial charge in [-0.15, -0.1) is 0 Å². The summed E-state index contributed by atoms with van der Waals surface area (Å²) in [5, 5.41) is 1.06. The molecule has 3 aromatic rings. The molecule has 0 N–H and O–H groups in total. The molecule has 2 atom stereocenters. The number of amides is 1. The minimum absolute atomic E-state index is 0.0169. The Morgan fingerprint density at radius 1 is 0.944 bits per heavy atom. The summed E-state index contributed by atoms with van der Waals surface area (Å²) in [5.74, 6) is 0.175. The summed E-state index contributed by atoms with van der Waals surface area (Å²) in [6, 6.07) is 17.3. The van der Waals surface area contributed by atoms with E-state index in [0.29, 0.717) is 16.5 Å². The van der Waals surface area contributed by atoms with Crippen LogP contribution in [0.5, 0.6) is 5.75 Å². The van der Waals surface area contributed by atoms with E-state index in [2.05, 4.69) is 0 Å². The van der Waals surface area contributed by atoms with Gasteiger partial charge in [-0.2, -0.15) is 13.2 Å². The second-order valence-corrected chi connectivity index (χ2v) is 9.58. The van der Waals surface area contributed by atoms with E-state index in [4.69, 9.17) is 32.9 Å². The summed E-state index contributed by atoms with van der Waals surface area (Å²) in [4.78, 5) is 19.1. The Morgan fingerprint density at radius 3 is 2.00 bits per heavy atom. The lowest BCUT2D eigenvalue weighted by Crippen LogP contribution is -2.52. The highest BCUT2D eigenvalue weighted by Crippen LogP contribution is 2.53. The Balaban J connectivity index is 2.00. The normalized spacial score (nSPS) is 21.9. The Morgan fingerprint density at radius 2 is 1.50 bits per heavy atom. The van der Waals surface area contributed by atoms with Crippen molar-refractivity contribution in [2.75, 3.05) is 6.61 Å². The van der Waals surface area contributed by atoms with Gasteiger partial charge in [0.15, 0.2) is 0 Å². The first-order chi connectivity index (χ1) is 17.0. The summed E-state index contributed by atoms with van der Waals surface area (Å²) in [5.41, 5.74) is -1.21. The van der Waals surface area contributed by atoms with Crippen LogP contribution in [0.15, 0.2) is 71.7 Å². The molecule has 0 spiro atoms. The van der Waals surface area contributed by atoms with Gasteiger partial charge in [0.1, 0.15) is 22.7 Å². The molecule has 3 aromatic carbocycles. The third-order valence-electron chi connectivity index (χ3n) is 6.76. The first-order valence-corrected chi connectivity index (χ1v) is 11.9. The van der Waals surface area contributed by atoms with Crippen LogP contribution in [0.25, 0.3) is 0 Å². The molecule has 1 aliphatic rings. The van der Waals surface area contributed by atoms with Gasteiger partial charge in [-0.1, -0.05) is 47.5 Å². The van der Waals surface area contributed by atoms with Crippen LogP contribution in [-0.2, 0) is 22.0 Å². The summed E-state index contributed by atoms with van der Waals surface area (Å²) >= 11 is 12.3. The molecule has 0 aromatic heterocycles. The average Bonchev–Trinajstić information content (AvgIpc) is 3.07. The number of hydrogen-bond acceptors (Lipinski definition) is 3.